The van der Waals surface area contributed by atoms with E-state index in [1.54, 1.807) is 0 Å². The van der Waals surface area contributed by atoms with Crippen LogP contribution in [0.1, 0.15) is 86.0 Å². The Morgan fingerprint density at radius 2 is 0.920 bits per heavy atom. The predicted octanol–water partition coefficient (Wildman–Crippen LogP) is 5.92. The topological polar surface area (TPSA) is 74.6 Å². The van der Waals surface area contributed by atoms with E-state index in [-0.39, 0.29) is 0 Å². The second-order valence-electron chi connectivity index (χ2n) is 7.62. The van der Waals surface area contributed by atoms with E-state index in [0.29, 0.717) is 6.16 Å². The minimum atomic E-state index is -2.08. The summed E-state index contributed by atoms with van der Waals surface area (Å²) < 4.78 is 0. The molecule has 152 valence electrons. The van der Waals surface area contributed by atoms with Gasteiger partial charge in [-0.2, -0.15) is 0 Å². The molecule has 0 aliphatic rings. The van der Waals surface area contributed by atoms with Crippen LogP contribution in [0, 0.1) is 0 Å². The van der Waals surface area contributed by atoms with Gasteiger partial charge in [0.05, 0.1) is 0 Å². The van der Waals surface area contributed by atoms with Crippen molar-refractivity contribution in [2.45, 2.75) is 86.0 Å². The van der Waals surface area contributed by atoms with Crippen molar-refractivity contribution >= 4 is 18.5 Å². The molecule has 0 saturated heterocycles. The van der Waals surface area contributed by atoms with Gasteiger partial charge in [0.1, 0.15) is 0 Å². The molecular weight excluding hydrogens is 335 g/mol. The van der Waals surface area contributed by atoms with E-state index in [1.165, 1.54) is 76.0 Å². The number of hydrogen-bond donors (Lipinski definition) is 2. The molecule has 0 aromatic rings. The number of hydrogen-bond acceptors (Lipinski definition) is 2. The second-order valence-corrected chi connectivity index (χ2v) is 14.2. The van der Waals surface area contributed by atoms with Gasteiger partial charge in [-0.05, 0) is 0 Å². The summed E-state index contributed by atoms with van der Waals surface area (Å²) in [6.07, 6.45) is 15.1. The van der Waals surface area contributed by atoms with Gasteiger partial charge in [0.25, 0.3) is 5.97 Å². The van der Waals surface area contributed by atoms with E-state index in [2.05, 4.69) is 27.7 Å². The van der Waals surface area contributed by atoms with E-state index in [1.807, 2.05) is 0 Å². The molecule has 25 heavy (non-hydrogen) atoms. The minimum absolute atomic E-state index is 0.506. The Balaban J connectivity index is 0. The van der Waals surface area contributed by atoms with E-state index in [0.717, 1.165) is 6.92 Å². The van der Waals surface area contributed by atoms with Gasteiger partial charge in [-0.1, -0.05) is 0 Å². The van der Waals surface area contributed by atoms with Gasteiger partial charge in [-0.25, -0.2) is 0 Å². The second kappa shape index (κ2) is 14.5. The van der Waals surface area contributed by atoms with Gasteiger partial charge in [-0.3, -0.25) is 4.79 Å². The normalized spacial score (nSPS) is 12.6. The first-order valence-corrected chi connectivity index (χ1v) is 13.3. The van der Waals surface area contributed by atoms with Crippen molar-refractivity contribution in [3.8, 4) is 0 Å². The summed E-state index contributed by atoms with van der Waals surface area (Å²) in [7, 11) is 0. The molecule has 0 heterocycles. The summed E-state index contributed by atoms with van der Waals surface area (Å²) in [5.74, 6) is -1.37. The summed E-state index contributed by atoms with van der Waals surface area (Å²) >= 11 is 0. The Kier molecular flexibility index (Phi) is 15.5. The van der Waals surface area contributed by atoms with Crippen molar-refractivity contribution in [1.29, 1.82) is 0 Å². The summed E-state index contributed by atoms with van der Waals surface area (Å²) in [4.78, 5) is 20.7. The molecule has 2 N–H and O–H groups in total. The summed E-state index contributed by atoms with van der Waals surface area (Å²) in [5.41, 5.74) is 0. The van der Waals surface area contributed by atoms with E-state index in [9.17, 15) is 9.90 Å². The third-order valence-electron chi connectivity index (χ3n) is 5.16. The molecule has 0 fully saturated rings. The zero-order chi connectivity index (χ0) is 19.8. The Hall–Kier alpha value is -0.630. The van der Waals surface area contributed by atoms with Crippen LogP contribution >= 0.6 is 6.60 Å². The molecule has 0 atom stereocenters. The number of rotatable bonds is 14. The zero-order valence-corrected chi connectivity index (χ0v) is 18.2. The van der Waals surface area contributed by atoms with Crippen LogP contribution in [0.5, 0.6) is 0 Å². The quantitative estimate of drug-likeness (QED) is 0.368. The van der Waals surface area contributed by atoms with Crippen molar-refractivity contribution in [1.82, 2.24) is 0 Å². The molecule has 0 saturated carbocycles. The fourth-order valence-corrected chi connectivity index (χ4v) is 11.4. The summed E-state index contributed by atoms with van der Waals surface area (Å²) in [6.45, 7) is 7.97. The first kappa shape index (κ1) is 26.6. The van der Waals surface area contributed by atoms with Crippen molar-refractivity contribution < 1.29 is 19.8 Å². The molecule has 0 radical (unpaired) electrons. The van der Waals surface area contributed by atoms with Crippen LogP contribution in [0.2, 0.25) is 0 Å². The number of unbranched alkanes of at least 4 members (excludes halogenated alkanes) is 4. The maximum atomic E-state index is 11.7. The molecular formula is C20H43O4P. The fraction of sp³-hybridized carbons (Fsp3) is 0.900. The van der Waals surface area contributed by atoms with Crippen LogP contribution in [-0.2, 0) is 9.59 Å². The SMILES string of the molecule is CC(=O)O.CCCCP(CCCC)(CCCC)(CCCC)CC(=O)O. The van der Waals surface area contributed by atoms with E-state index >= 15 is 0 Å². The summed E-state index contributed by atoms with van der Waals surface area (Å²) in [5, 5.41) is 17.1. The molecule has 4 nitrogen and oxygen atoms in total. The van der Waals surface area contributed by atoms with Crippen molar-refractivity contribution in [2.24, 2.45) is 0 Å². The van der Waals surface area contributed by atoms with Gasteiger partial charge < -0.3 is 5.11 Å². The Morgan fingerprint density at radius 1 is 0.680 bits per heavy atom. The van der Waals surface area contributed by atoms with Crippen molar-refractivity contribution in [2.75, 3.05) is 30.8 Å². The predicted molar refractivity (Wildman–Crippen MR) is 112 cm³/mol. The first-order chi connectivity index (χ1) is 11.7. The maximum absolute atomic E-state index is 11.7. The average Bonchev–Trinajstić information content (AvgIpc) is 2.54. The molecule has 0 spiro atoms. The molecule has 0 aromatic heterocycles. The third-order valence-corrected chi connectivity index (χ3v) is 12.6. The number of carboxylic acids is 2. The van der Waals surface area contributed by atoms with Gasteiger partial charge in [0.2, 0.25) is 0 Å². The van der Waals surface area contributed by atoms with Gasteiger partial charge in [-0.15, -0.1) is 0 Å². The van der Waals surface area contributed by atoms with E-state index in [4.69, 9.17) is 9.90 Å². The Bertz CT molecular complexity index is 321. The number of aliphatic carboxylic acids is 2. The first-order valence-electron chi connectivity index (χ1n) is 10.1. The van der Waals surface area contributed by atoms with Crippen LogP contribution in [-0.4, -0.2) is 53.0 Å². The monoisotopic (exact) mass is 378 g/mol. The zero-order valence-electron chi connectivity index (χ0n) is 17.4. The van der Waals surface area contributed by atoms with Crippen LogP contribution in [0.15, 0.2) is 0 Å². The molecule has 0 rings (SSSR count). The molecule has 0 aliphatic carbocycles. The van der Waals surface area contributed by atoms with Gasteiger partial charge in [0.15, 0.2) is 0 Å². The van der Waals surface area contributed by atoms with Crippen LogP contribution in [0.4, 0.5) is 0 Å². The van der Waals surface area contributed by atoms with Crippen LogP contribution < -0.4 is 0 Å². The molecule has 0 bridgehead atoms. The molecule has 0 aliphatic heterocycles. The summed E-state index contributed by atoms with van der Waals surface area (Å²) in [6, 6.07) is 0. The van der Waals surface area contributed by atoms with E-state index < -0.39 is 18.5 Å². The van der Waals surface area contributed by atoms with Crippen molar-refractivity contribution in [3.05, 3.63) is 0 Å². The van der Waals surface area contributed by atoms with Gasteiger partial charge in [0, 0.05) is 6.92 Å². The fourth-order valence-electron chi connectivity index (χ4n) is 3.79. The number of carbonyl (C=O) groups is 2. The van der Waals surface area contributed by atoms with Gasteiger partial charge >= 0.3 is 132 Å². The molecule has 0 aromatic carbocycles. The van der Waals surface area contributed by atoms with Crippen LogP contribution in [0.25, 0.3) is 0 Å². The average molecular weight is 379 g/mol. The Morgan fingerprint density at radius 3 is 1.08 bits per heavy atom. The van der Waals surface area contributed by atoms with Crippen LogP contribution in [0.3, 0.4) is 0 Å². The standard InChI is InChI=1S/C18H39O2P.C2H4O2/c1-5-9-13-21(14-10-6-2,15-11-7-3,16-12-8-4)17-18(19)20;1-2(3)4/h5-17H2,1-4H3,(H,19,20);1H3,(H,3,4). The molecule has 0 unspecified atom stereocenters. The molecule has 5 heteroatoms. The molecule has 0 amide bonds. The van der Waals surface area contributed by atoms with Crippen molar-refractivity contribution in [3.63, 3.8) is 0 Å². The number of carboxylic acid groups (broad SMARTS) is 2. The Labute approximate surface area is 155 Å². The third kappa shape index (κ3) is 12.4.